The number of nitrogens with zero attached hydrogens (tertiary/aromatic N) is 1. The topological polar surface area (TPSA) is 50.9 Å². The summed E-state index contributed by atoms with van der Waals surface area (Å²) in [5, 5.41) is 3.38. The van der Waals surface area contributed by atoms with Gasteiger partial charge < -0.3 is 11.1 Å². The molecule has 0 saturated carbocycles. The number of nitrogens with two attached hydrogens (primary N) is 1. The summed E-state index contributed by atoms with van der Waals surface area (Å²) >= 11 is 0. The van der Waals surface area contributed by atoms with E-state index >= 15 is 0 Å². The molecule has 72 valence electrons. The minimum atomic E-state index is 0.361. The van der Waals surface area contributed by atoms with Crippen LogP contribution in [0.4, 0.5) is 0 Å². The van der Waals surface area contributed by atoms with E-state index in [1.165, 1.54) is 5.56 Å². The summed E-state index contributed by atoms with van der Waals surface area (Å²) < 4.78 is 0. The SMILES string of the molecule is C[C@@H](NCCCN)c1cccnc1. The first-order chi connectivity index (χ1) is 6.34. The van der Waals surface area contributed by atoms with Gasteiger partial charge in [0.2, 0.25) is 0 Å². The first-order valence-electron chi connectivity index (χ1n) is 4.68. The van der Waals surface area contributed by atoms with Crippen LogP contribution in [0.2, 0.25) is 0 Å². The van der Waals surface area contributed by atoms with E-state index in [1.807, 2.05) is 12.3 Å². The Hall–Kier alpha value is -0.930. The molecule has 0 unspecified atom stereocenters. The van der Waals surface area contributed by atoms with E-state index in [2.05, 4.69) is 23.3 Å². The van der Waals surface area contributed by atoms with Crippen LogP contribution in [0, 0.1) is 0 Å². The zero-order valence-electron chi connectivity index (χ0n) is 8.03. The predicted molar refractivity (Wildman–Crippen MR) is 54.3 cm³/mol. The molecule has 3 N–H and O–H groups in total. The lowest BCUT2D eigenvalue weighted by molar-refractivity contribution is 0.560. The number of rotatable bonds is 5. The van der Waals surface area contributed by atoms with Crippen LogP contribution in [0.3, 0.4) is 0 Å². The van der Waals surface area contributed by atoms with Crippen LogP contribution in [0.25, 0.3) is 0 Å². The molecule has 1 rings (SSSR count). The van der Waals surface area contributed by atoms with Gasteiger partial charge in [-0.2, -0.15) is 0 Å². The van der Waals surface area contributed by atoms with E-state index in [1.54, 1.807) is 6.20 Å². The second-order valence-electron chi connectivity index (χ2n) is 3.10. The molecule has 0 bridgehead atoms. The quantitative estimate of drug-likeness (QED) is 0.665. The number of pyridine rings is 1. The van der Waals surface area contributed by atoms with Gasteiger partial charge >= 0.3 is 0 Å². The molecule has 0 radical (unpaired) electrons. The van der Waals surface area contributed by atoms with E-state index in [4.69, 9.17) is 5.73 Å². The van der Waals surface area contributed by atoms with E-state index in [0.717, 1.165) is 19.5 Å². The summed E-state index contributed by atoms with van der Waals surface area (Å²) in [5.74, 6) is 0. The average molecular weight is 179 g/mol. The van der Waals surface area contributed by atoms with Crippen molar-refractivity contribution in [3.8, 4) is 0 Å². The van der Waals surface area contributed by atoms with E-state index in [9.17, 15) is 0 Å². The minimum absolute atomic E-state index is 0.361. The van der Waals surface area contributed by atoms with Crippen LogP contribution in [0.5, 0.6) is 0 Å². The van der Waals surface area contributed by atoms with E-state index in [-0.39, 0.29) is 0 Å². The maximum atomic E-state index is 5.40. The molecule has 1 aromatic rings. The van der Waals surface area contributed by atoms with Gasteiger partial charge in [-0.25, -0.2) is 0 Å². The first-order valence-corrected chi connectivity index (χ1v) is 4.68. The van der Waals surface area contributed by atoms with Crippen molar-refractivity contribution in [3.05, 3.63) is 30.1 Å². The zero-order chi connectivity index (χ0) is 9.52. The van der Waals surface area contributed by atoms with Crippen molar-refractivity contribution < 1.29 is 0 Å². The third kappa shape index (κ3) is 3.53. The van der Waals surface area contributed by atoms with Crippen molar-refractivity contribution >= 4 is 0 Å². The molecule has 0 spiro atoms. The van der Waals surface area contributed by atoms with Gasteiger partial charge in [0.05, 0.1) is 0 Å². The van der Waals surface area contributed by atoms with Crippen molar-refractivity contribution in [2.75, 3.05) is 13.1 Å². The first kappa shape index (κ1) is 10.2. The summed E-state index contributed by atoms with van der Waals surface area (Å²) in [7, 11) is 0. The Bertz CT molecular complexity index is 223. The molecule has 0 amide bonds. The normalized spacial score (nSPS) is 12.8. The fourth-order valence-corrected chi connectivity index (χ4v) is 1.17. The van der Waals surface area contributed by atoms with Gasteiger partial charge in [-0.15, -0.1) is 0 Å². The van der Waals surface area contributed by atoms with Crippen molar-refractivity contribution in [3.63, 3.8) is 0 Å². The summed E-state index contributed by atoms with van der Waals surface area (Å²) in [6, 6.07) is 4.39. The Balaban J connectivity index is 2.35. The Labute approximate surface area is 79.4 Å². The molecule has 3 heteroatoms. The molecule has 3 nitrogen and oxygen atoms in total. The maximum Gasteiger partial charge on any atom is 0.0315 e. The molecule has 0 fully saturated rings. The maximum absolute atomic E-state index is 5.40. The third-order valence-corrected chi connectivity index (χ3v) is 2.02. The smallest absolute Gasteiger partial charge is 0.0315 e. The lowest BCUT2D eigenvalue weighted by Crippen LogP contribution is -2.21. The van der Waals surface area contributed by atoms with Gasteiger partial charge in [-0.3, -0.25) is 4.98 Å². The molecule has 0 aliphatic heterocycles. The monoisotopic (exact) mass is 179 g/mol. The lowest BCUT2D eigenvalue weighted by Gasteiger charge is -2.12. The summed E-state index contributed by atoms with van der Waals surface area (Å²) in [5.41, 5.74) is 6.62. The third-order valence-electron chi connectivity index (χ3n) is 2.02. The van der Waals surface area contributed by atoms with Crippen LogP contribution in [-0.4, -0.2) is 18.1 Å². The van der Waals surface area contributed by atoms with Gasteiger partial charge in [-0.05, 0) is 38.1 Å². The molecular weight excluding hydrogens is 162 g/mol. The molecule has 0 aliphatic rings. The van der Waals surface area contributed by atoms with Crippen molar-refractivity contribution in [2.45, 2.75) is 19.4 Å². The molecule has 1 atom stereocenters. The highest BCUT2D eigenvalue weighted by atomic mass is 14.9. The van der Waals surface area contributed by atoms with Gasteiger partial charge in [0.25, 0.3) is 0 Å². The van der Waals surface area contributed by atoms with Gasteiger partial charge in [0.15, 0.2) is 0 Å². The summed E-state index contributed by atoms with van der Waals surface area (Å²) in [6.45, 7) is 3.84. The highest BCUT2D eigenvalue weighted by Gasteiger charge is 2.02. The number of nitrogens with one attached hydrogen (secondary N) is 1. The van der Waals surface area contributed by atoms with E-state index < -0.39 is 0 Å². The van der Waals surface area contributed by atoms with Crippen LogP contribution < -0.4 is 11.1 Å². The molecular formula is C10H17N3. The fourth-order valence-electron chi connectivity index (χ4n) is 1.17. The Morgan fingerprint density at radius 1 is 1.62 bits per heavy atom. The van der Waals surface area contributed by atoms with Crippen LogP contribution in [0.15, 0.2) is 24.5 Å². The molecule has 0 aliphatic carbocycles. The summed E-state index contributed by atoms with van der Waals surface area (Å²) in [4.78, 5) is 4.07. The predicted octanol–water partition coefficient (Wildman–Crippen LogP) is 1.08. The molecule has 0 saturated heterocycles. The number of aromatic nitrogens is 1. The number of hydrogen-bond acceptors (Lipinski definition) is 3. The highest BCUT2D eigenvalue weighted by molar-refractivity contribution is 5.12. The zero-order valence-corrected chi connectivity index (χ0v) is 8.03. The Kier molecular flexibility index (Phi) is 4.43. The molecule has 1 aromatic heterocycles. The Morgan fingerprint density at radius 3 is 3.08 bits per heavy atom. The molecule has 13 heavy (non-hydrogen) atoms. The largest absolute Gasteiger partial charge is 0.330 e. The molecule has 0 aromatic carbocycles. The second kappa shape index (κ2) is 5.67. The van der Waals surface area contributed by atoms with Crippen LogP contribution in [0.1, 0.15) is 24.9 Å². The van der Waals surface area contributed by atoms with E-state index in [0.29, 0.717) is 6.04 Å². The van der Waals surface area contributed by atoms with Gasteiger partial charge in [0, 0.05) is 18.4 Å². The summed E-state index contributed by atoms with van der Waals surface area (Å²) in [6.07, 6.45) is 4.70. The Morgan fingerprint density at radius 2 is 2.46 bits per heavy atom. The average Bonchev–Trinajstić information content (AvgIpc) is 2.19. The lowest BCUT2D eigenvalue weighted by atomic mass is 10.1. The fraction of sp³-hybridized carbons (Fsp3) is 0.500. The van der Waals surface area contributed by atoms with Crippen molar-refractivity contribution in [2.24, 2.45) is 5.73 Å². The number of hydrogen-bond donors (Lipinski definition) is 2. The second-order valence-corrected chi connectivity index (χ2v) is 3.10. The van der Waals surface area contributed by atoms with Gasteiger partial charge in [0.1, 0.15) is 0 Å². The van der Waals surface area contributed by atoms with Crippen LogP contribution in [-0.2, 0) is 0 Å². The standard InChI is InChI=1S/C10H17N3/c1-9(13-7-3-5-11)10-4-2-6-12-8-10/h2,4,6,8-9,13H,3,5,7,11H2,1H3/t9-/m1/s1. The van der Waals surface area contributed by atoms with Crippen molar-refractivity contribution in [1.29, 1.82) is 0 Å². The minimum Gasteiger partial charge on any atom is -0.330 e. The van der Waals surface area contributed by atoms with Gasteiger partial charge in [-0.1, -0.05) is 6.07 Å². The van der Waals surface area contributed by atoms with Crippen LogP contribution >= 0.6 is 0 Å². The van der Waals surface area contributed by atoms with Crippen molar-refractivity contribution in [1.82, 2.24) is 10.3 Å². The molecule has 1 heterocycles. The highest BCUT2D eigenvalue weighted by Crippen LogP contribution is 2.08.